The number of halogens is 1. The zero-order chi connectivity index (χ0) is 19.6. The quantitative estimate of drug-likeness (QED) is 0.251. The van der Waals surface area contributed by atoms with Gasteiger partial charge in [0.15, 0.2) is 5.96 Å². The topological polar surface area (TPSA) is 58.5 Å². The Morgan fingerprint density at radius 3 is 2.72 bits per heavy atom. The van der Waals surface area contributed by atoms with Gasteiger partial charge in [0.25, 0.3) is 0 Å². The highest BCUT2D eigenvalue weighted by Gasteiger charge is 2.02. The molecule has 0 aliphatic heterocycles. The van der Waals surface area contributed by atoms with Crippen molar-refractivity contribution in [1.29, 1.82) is 0 Å². The Bertz CT molecular complexity index is 899. The van der Waals surface area contributed by atoms with E-state index in [9.17, 15) is 0 Å². The lowest BCUT2D eigenvalue weighted by atomic mass is 10.2. The summed E-state index contributed by atoms with van der Waals surface area (Å²) in [5.74, 6) is 1.64. The first-order valence-electron chi connectivity index (χ1n) is 9.42. The number of hydrogen-bond acceptors (Lipinski definition) is 4. The molecule has 2 N–H and O–H groups in total. The summed E-state index contributed by atoms with van der Waals surface area (Å²) >= 11 is 1.80. The van der Waals surface area contributed by atoms with E-state index in [1.165, 1.54) is 9.75 Å². The molecule has 3 rings (SSSR count). The van der Waals surface area contributed by atoms with Gasteiger partial charge in [-0.05, 0) is 55.8 Å². The molecule has 0 spiro atoms. The monoisotopic (exact) mass is 522 g/mol. The van der Waals surface area contributed by atoms with Gasteiger partial charge in [0.1, 0.15) is 12.4 Å². The van der Waals surface area contributed by atoms with Crippen molar-refractivity contribution >= 4 is 41.3 Å². The van der Waals surface area contributed by atoms with Crippen LogP contribution in [-0.4, -0.2) is 17.5 Å². The van der Waals surface area contributed by atoms with Crippen LogP contribution in [0.4, 0.5) is 0 Å². The molecule has 0 radical (unpaired) electrons. The summed E-state index contributed by atoms with van der Waals surface area (Å²) in [7, 11) is 0. The van der Waals surface area contributed by atoms with Crippen molar-refractivity contribution in [2.24, 2.45) is 4.99 Å². The second kappa shape index (κ2) is 12.4. The van der Waals surface area contributed by atoms with Gasteiger partial charge in [-0.3, -0.25) is 4.98 Å². The maximum Gasteiger partial charge on any atom is 0.191 e. The van der Waals surface area contributed by atoms with Crippen LogP contribution in [0.2, 0.25) is 0 Å². The lowest BCUT2D eigenvalue weighted by Gasteiger charge is -2.11. The molecule has 3 aromatic rings. The Morgan fingerprint density at radius 1 is 1.10 bits per heavy atom. The van der Waals surface area contributed by atoms with Crippen molar-refractivity contribution in [3.63, 3.8) is 0 Å². The molecule has 0 amide bonds. The van der Waals surface area contributed by atoms with E-state index < -0.39 is 0 Å². The fourth-order valence-corrected chi connectivity index (χ4v) is 3.47. The summed E-state index contributed by atoms with van der Waals surface area (Å²) in [6.45, 7) is 6.83. The fourth-order valence-electron chi connectivity index (χ4n) is 2.64. The maximum absolute atomic E-state index is 5.85. The molecule has 0 unspecified atom stereocenters. The molecule has 0 saturated heterocycles. The van der Waals surface area contributed by atoms with E-state index in [-0.39, 0.29) is 24.0 Å². The van der Waals surface area contributed by atoms with E-state index in [4.69, 9.17) is 9.73 Å². The molecule has 0 aliphatic carbocycles. The number of rotatable bonds is 8. The van der Waals surface area contributed by atoms with Gasteiger partial charge in [-0.25, -0.2) is 4.99 Å². The summed E-state index contributed by atoms with van der Waals surface area (Å²) < 4.78 is 5.85. The Kier molecular flexibility index (Phi) is 9.93. The molecule has 0 fully saturated rings. The molecular formula is C22H27IN4OS. The van der Waals surface area contributed by atoms with Crippen molar-refractivity contribution in [3.05, 3.63) is 81.8 Å². The minimum atomic E-state index is 0. The Balaban J connectivity index is 0.00000300. The molecule has 0 atom stereocenters. The number of aliphatic imine (C=N–C) groups is 1. The first-order chi connectivity index (χ1) is 13.7. The Labute approximate surface area is 193 Å². The van der Waals surface area contributed by atoms with Crippen LogP contribution >= 0.6 is 35.3 Å². The van der Waals surface area contributed by atoms with Crippen LogP contribution in [0, 0.1) is 6.92 Å². The molecule has 154 valence electrons. The third-order valence-electron chi connectivity index (χ3n) is 4.00. The molecule has 7 heteroatoms. The normalized spacial score (nSPS) is 10.9. The van der Waals surface area contributed by atoms with Crippen molar-refractivity contribution in [2.45, 2.75) is 33.5 Å². The number of aryl methyl sites for hydroxylation is 1. The lowest BCUT2D eigenvalue weighted by Crippen LogP contribution is -2.36. The van der Waals surface area contributed by atoms with Crippen LogP contribution in [0.1, 0.15) is 27.9 Å². The average Bonchev–Trinajstić information content (AvgIpc) is 3.15. The number of guanidine groups is 1. The number of pyridine rings is 1. The van der Waals surface area contributed by atoms with Crippen molar-refractivity contribution in [2.75, 3.05) is 6.54 Å². The van der Waals surface area contributed by atoms with Gasteiger partial charge < -0.3 is 15.4 Å². The highest BCUT2D eigenvalue weighted by atomic mass is 127. The number of ether oxygens (including phenoxy) is 1. The number of aromatic nitrogens is 1. The number of hydrogen-bond donors (Lipinski definition) is 2. The molecule has 2 aromatic heterocycles. The smallest absolute Gasteiger partial charge is 0.191 e. The molecule has 1 aromatic carbocycles. The maximum atomic E-state index is 5.85. The van der Waals surface area contributed by atoms with Gasteiger partial charge in [-0.1, -0.05) is 18.2 Å². The SMILES string of the molecule is CCNC(=NCc1cccc(OCc2ccccn2)c1)NCc1ccc(C)s1.I. The zero-order valence-electron chi connectivity index (χ0n) is 16.7. The standard InChI is InChI=1S/C22H26N4OS.HI/c1-3-23-22(26-15-21-11-10-17(2)28-21)25-14-18-7-6-9-20(13-18)27-16-19-8-4-5-12-24-19;/h4-13H,3,14-16H2,1-2H3,(H2,23,25,26);1H. The number of nitrogens with zero attached hydrogens (tertiary/aromatic N) is 2. The highest BCUT2D eigenvalue weighted by molar-refractivity contribution is 14.0. The zero-order valence-corrected chi connectivity index (χ0v) is 19.9. The predicted molar refractivity (Wildman–Crippen MR) is 131 cm³/mol. The first kappa shape index (κ1) is 23.2. The van der Waals surface area contributed by atoms with Crippen LogP contribution in [0.25, 0.3) is 0 Å². The van der Waals surface area contributed by atoms with Crippen LogP contribution in [-0.2, 0) is 19.7 Å². The first-order valence-corrected chi connectivity index (χ1v) is 10.2. The van der Waals surface area contributed by atoms with Crippen molar-refractivity contribution < 1.29 is 4.74 Å². The molecule has 2 heterocycles. The largest absolute Gasteiger partial charge is 0.487 e. The number of benzene rings is 1. The van der Waals surface area contributed by atoms with Crippen molar-refractivity contribution in [1.82, 2.24) is 15.6 Å². The molecule has 0 aliphatic rings. The minimum absolute atomic E-state index is 0. The minimum Gasteiger partial charge on any atom is -0.487 e. The summed E-state index contributed by atoms with van der Waals surface area (Å²) in [4.78, 5) is 11.6. The predicted octanol–water partition coefficient (Wildman–Crippen LogP) is 4.90. The number of thiophene rings is 1. The van der Waals surface area contributed by atoms with Crippen LogP contribution in [0.15, 0.2) is 65.8 Å². The van der Waals surface area contributed by atoms with Gasteiger partial charge in [-0.2, -0.15) is 0 Å². The van der Waals surface area contributed by atoms with Gasteiger partial charge in [0.05, 0.1) is 18.8 Å². The molecule has 0 bridgehead atoms. The van der Waals surface area contributed by atoms with E-state index in [2.05, 4.69) is 47.7 Å². The van der Waals surface area contributed by atoms with Crippen LogP contribution in [0.3, 0.4) is 0 Å². The third kappa shape index (κ3) is 8.02. The van der Waals surface area contributed by atoms with E-state index in [0.29, 0.717) is 13.2 Å². The van der Waals surface area contributed by atoms with Gasteiger partial charge in [0.2, 0.25) is 0 Å². The second-order valence-corrected chi connectivity index (χ2v) is 7.69. The van der Waals surface area contributed by atoms with Crippen LogP contribution in [0.5, 0.6) is 5.75 Å². The van der Waals surface area contributed by atoms with E-state index >= 15 is 0 Å². The summed E-state index contributed by atoms with van der Waals surface area (Å²) in [6, 6.07) is 18.1. The Morgan fingerprint density at radius 2 is 2.00 bits per heavy atom. The fraction of sp³-hybridized carbons (Fsp3) is 0.273. The molecule has 0 saturated carbocycles. The third-order valence-corrected chi connectivity index (χ3v) is 5.00. The van der Waals surface area contributed by atoms with Crippen molar-refractivity contribution in [3.8, 4) is 5.75 Å². The molecule has 5 nitrogen and oxygen atoms in total. The van der Waals surface area contributed by atoms with Gasteiger partial charge in [-0.15, -0.1) is 35.3 Å². The molecular weight excluding hydrogens is 495 g/mol. The summed E-state index contributed by atoms with van der Waals surface area (Å²) in [5, 5.41) is 6.69. The number of nitrogens with one attached hydrogen (secondary N) is 2. The van der Waals surface area contributed by atoms with Crippen LogP contribution < -0.4 is 15.4 Å². The second-order valence-electron chi connectivity index (χ2n) is 6.32. The average molecular weight is 522 g/mol. The van der Waals surface area contributed by atoms with E-state index in [0.717, 1.165) is 36.1 Å². The van der Waals surface area contributed by atoms with E-state index in [1.807, 2.05) is 36.4 Å². The van der Waals surface area contributed by atoms with Gasteiger partial charge in [0, 0.05) is 22.5 Å². The summed E-state index contributed by atoms with van der Waals surface area (Å²) in [5.41, 5.74) is 2.01. The highest BCUT2D eigenvalue weighted by Crippen LogP contribution is 2.16. The molecule has 29 heavy (non-hydrogen) atoms. The Hall–Kier alpha value is -2.13. The lowest BCUT2D eigenvalue weighted by molar-refractivity contribution is 0.301. The summed E-state index contributed by atoms with van der Waals surface area (Å²) in [6.07, 6.45) is 1.77. The van der Waals surface area contributed by atoms with E-state index in [1.54, 1.807) is 17.5 Å². The van der Waals surface area contributed by atoms with Gasteiger partial charge >= 0.3 is 0 Å².